The van der Waals surface area contributed by atoms with E-state index in [0.29, 0.717) is 0 Å². The van der Waals surface area contributed by atoms with Gasteiger partial charge >= 0.3 is 0 Å². The molecule has 0 N–H and O–H groups in total. The molecule has 6 atom stereocenters. The third-order valence-electron chi connectivity index (χ3n) is 5.41. The lowest BCUT2D eigenvalue weighted by atomic mass is 9.77. The third-order valence-corrected chi connectivity index (χ3v) is 7.50. The van der Waals surface area contributed by atoms with Crippen LogP contribution in [0.5, 0.6) is 0 Å². The highest BCUT2D eigenvalue weighted by Crippen LogP contribution is 2.48. The van der Waals surface area contributed by atoms with Crippen molar-refractivity contribution < 1.29 is 0 Å². The zero-order chi connectivity index (χ0) is 13.1. The first-order chi connectivity index (χ1) is 8.56. The molecule has 3 unspecified atom stereocenters. The first kappa shape index (κ1) is 14.8. The van der Waals surface area contributed by atoms with Gasteiger partial charge in [0.05, 0.1) is 0 Å². The molecule has 0 radical (unpaired) electrons. The van der Waals surface area contributed by atoms with Crippen molar-refractivity contribution in [2.45, 2.75) is 84.0 Å². The van der Waals surface area contributed by atoms with Crippen LogP contribution in [-0.4, -0.2) is 11.3 Å². The van der Waals surface area contributed by atoms with E-state index in [4.69, 9.17) is 0 Å². The Morgan fingerprint density at radius 3 is 2.28 bits per heavy atom. The van der Waals surface area contributed by atoms with Crippen molar-refractivity contribution >= 4 is 8.58 Å². The van der Waals surface area contributed by atoms with Crippen molar-refractivity contribution in [3.05, 3.63) is 0 Å². The van der Waals surface area contributed by atoms with E-state index in [0.717, 1.165) is 35.0 Å². The van der Waals surface area contributed by atoms with Crippen LogP contribution in [0.1, 0.15) is 72.6 Å². The van der Waals surface area contributed by atoms with Gasteiger partial charge in [-0.25, -0.2) is 0 Å². The van der Waals surface area contributed by atoms with Crippen LogP contribution in [0.2, 0.25) is 0 Å². The van der Waals surface area contributed by atoms with Gasteiger partial charge in [-0.15, -0.1) is 8.58 Å². The lowest BCUT2D eigenvalue weighted by Gasteiger charge is -2.40. The molecule has 0 saturated heterocycles. The van der Waals surface area contributed by atoms with Crippen LogP contribution in [0, 0.1) is 23.7 Å². The fourth-order valence-corrected chi connectivity index (χ4v) is 7.13. The maximum absolute atomic E-state index is 2.48. The molecule has 0 amide bonds. The smallest absolute Gasteiger partial charge is 0.0201 e. The molecule has 0 heterocycles. The second-order valence-electron chi connectivity index (χ2n) is 7.57. The molecule has 0 nitrogen and oxygen atoms in total. The molecule has 2 fully saturated rings. The van der Waals surface area contributed by atoms with Gasteiger partial charge in [-0.2, -0.15) is 0 Å². The van der Waals surface area contributed by atoms with Gasteiger partial charge in [-0.1, -0.05) is 47.0 Å². The van der Waals surface area contributed by atoms with E-state index in [1.54, 1.807) is 6.42 Å². The Morgan fingerprint density at radius 1 is 0.889 bits per heavy atom. The quantitative estimate of drug-likeness (QED) is 0.575. The molecular weight excluding hydrogens is 235 g/mol. The van der Waals surface area contributed by atoms with E-state index >= 15 is 0 Å². The molecule has 2 aliphatic rings. The largest absolute Gasteiger partial charge is 0.115 e. The first-order valence-electron chi connectivity index (χ1n) is 8.32. The third kappa shape index (κ3) is 3.96. The standard InChI is InChI=1S/C17H33P/c1-12(2)16-9-8-14(4)11-17(16)18-15-7-5-6-13(3)10-15/h12-18H,5-11H2,1-4H3/t13-,14+,15?,16-,17?/m0/s1. The van der Waals surface area contributed by atoms with Crippen molar-refractivity contribution in [3.8, 4) is 0 Å². The SMILES string of the molecule is CC(C)[C@@H]1CC[C@@H](C)CC1PC1CCC[C@H](C)C1. The van der Waals surface area contributed by atoms with Crippen molar-refractivity contribution in [2.24, 2.45) is 23.7 Å². The van der Waals surface area contributed by atoms with E-state index in [1.165, 1.54) is 47.1 Å². The Hall–Kier alpha value is 0.430. The summed E-state index contributed by atoms with van der Waals surface area (Å²) in [5.74, 6) is 3.96. The summed E-state index contributed by atoms with van der Waals surface area (Å²) in [6.07, 6.45) is 10.6. The van der Waals surface area contributed by atoms with Gasteiger partial charge in [-0.05, 0) is 60.7 Å². The zero-order valence-electron chi connectivity index (χ0n) is 12.9. The van der Waals surface area contributed by atoms with Crippen molar-refractivity contribution in [1.82, 2.24) is 0 Å². The molecule has 1 heteroatoms. The van der Waals surface area contributed by atoms with Crippen molar-refractivity contribution in [3.63, 3.8) is 0 Å². The lowest BCUT2D eigenvalue weighted by molar-refractivity contribution is 0.241. The van der Waals surface area contributed by atoms with Crippen molar-refractivity contribution in [2.75, 3.05) is 0 Å². The normalized spacial score (nSPS) is 42.8. The Bertz CT molecular complexity index is 248. The van der Waals surface area contributed by atoms with Gasteiger partial charge in [0.15, 0.2) is 0 Å². The van der Waals surface area contributed by atoms with Crippen LogP contribution in [-0.2, 0) is 0 Å². The average Bonchev–Trinajstić information content (AvgIpc) is 2.28. The number of hydrogen-bond donors (Lipinski definition) is 0. The molecule has 0 aromatic rings. The molecule has 0 aromatic heterocycles. The Balaban J connectivity index is 1.91. The summed E-state index contributed by atoms with van der Waals surface area (Å²) in [7, 11) is 1.28. The Morgan fingerprint density at radius 2 is 1.61 bits per heavy atom. The van der Waals surface area contributed by atoms with Crippen LogP contribution in [0.25, 0.3) is 0 Å². The molecule has 18 heavy (non-hydrogen) atoms. The summed E-state index contributed by atoms with van der Waals surface area (Å²) in [6.45, 7) is 9.88. The van der Waals surface area contributed by atoms with Gasteiger partial charge in [0.25, 0.3) is 0 Å². The molecule has 2 rings (SSSR count). The van der Waals surface area contributed by atoms with Crippen LogP contribution >= 0.6 is 8.58 Å². The van der Waals surface area contributed by atoms with Gasteiger partial charge in [0.1, 0.15) is 0 Å². The maximum Gasteiger partial charge on any atom is -0.0201 e. The molecule has 2 aliphatic carbocycles. The summed E-state index contributed by atoms with van der Waals surface area (Å²) in [6, 6.07) is 0. The molecule has 106 valence electrons. The number of hydrogen-bond acceptors (Lipinski definition) is 0. The van der Waals surface area contributed by atoms with E-state index in [-0.39, 0.29) is 0 Å². The minimum Gasteiger partial charge on any atom is -0.115 e. The van der Waals surface area contributed by atoms with Crippen LogP contribution in [0.15, 0.2) is 0 Å². The highest BCUT2D eigenvalue weighted by atomic mass is 31.1. The highest BCUT2D eigenvalue weighted by Gasteiger charge is 2.33. The monoisotopic (exact) mass is 268 g/mol. The Kier molecular flexibility index (Phi) is 5.55. The maximum atomic E-state index is 2.48. The van der Waals surface area contributed by atoms with Crippen molar-refractivity contribution in [1.29, 1.82) is 0 Å². The zero-order valence-corrected chi connectivity index (χ0v) is 13.9. The first-order valence-corrected chi connectivity index (χ1v) is 9.47. The molecular formula is C17H33P. The average molecular weight is 268 g/mol. The fraction of sp³-hybridized carbons (Fsp3) is 1.00. The van der Waals surface area contributed by atoms with Crippen LogP contribution < -0.4 is 0 Å². The van der Waals surface area contributed by atoms with E-state index < -0.39 is 0 Å². The lowest BCUT2D eigenvalue weighted by Crippen LogP contribution is -2.31. The highest BCUT2D eigenvalue weighted by molar-refractivity contribution is 7.39. The van der Waals surface area contributed by atoms with E-state index in [2.05, 4.69) is 27.7 Å². The summed E-state index contributed by atoms with van der Waals surface area (Å²) in [5, 5.41) is 0. The second-order valence-corrected chi connectivity index (χ2v) is 9.46. The predicted octanol–water partition coefficient (Wildman–Crippen LogP) is 5.70. The van der Waals surface area contributed by atoms with Crippen LogP contribution in [0.4, 0.5) is 0 Å². The summed E-state index contributed by atoms with van der Waals surface area (Å²) < 4.78 is 0. The molecule has 2 saturated carbocycles. The second kappa shape index (κ2) is 6.74. The summed E-state index contributed by atoms with van der Waals surface area (Å²) >= 11 is 0. The van der Waals surface area contributed by atoms with Crippen LogP contribution in [0.3, 0.4) is 0 Å². The van der Waals surface area contributed by atoms with E-state index in [1.807, 2.05) is 0 Å². The van der Waals surface area contributed by atoms with Gasteiger partial charge in [-0.3, -0.25) is 0 Å². The topological polar surface area (TPSA) is 0 Å². The minimum absolute atomic E-state index is 0.913. The van der Waals surface area contributed by atoms with Gasteiger partial charge in [0.2, 0.25) is 0 Å². The summed E-state index contributed by atoms with van der Waals surface area (Å²) in [4.78, 5) is 0. The van der Waals surface area contributed by atoms with Gasteiger partial charge in [0, 0.05) is 0 Å². The molecule has 0 aliphatic heterocycles. The molecule has 0 spiro atoms. The predicted molar refractivity (Wildman–Crippen MR) is 84.9 cm³/mol. The number of rotatable bonds is 3. The molecule has 0 aromatic carbocycles. The molecule has 0 bridgehead atoms. The fourth-order valence-electron chi connectivity index (χ4n) is 4.28. The van der Waals surface area contributed by atoms with E-state index in [9.17, 15) is 0 Å². The minimum atomic E-state index is 0.913. The summed E-state index contributed by atoms with van der Waals surface area (Å²) in [5.41, 5.74) is 2.16. The van der Waals surface area contributed by atoms with Gasteiger partial charge < -0.3 is 0 Å². The Labute approximate surface area is 116 Å².